The Bertz CT molecular complexity index is 1010. The molecule has 1 heterocycles. The van der Waals surface area contributed by atoms with Crippen molar-refractivity contribution < 1.29 is 14.3 Å². The standard InChI is InChI=1S/C22H21N3O3/c1-15-19(16(2)25(24-15)18-11-7-4-8-12-18)13-14-20(26)28-21(22(23)27)17-9-5-3-6-10-17/h3-14,21H,1-2H3,(H2,23,27)/b14-13+. The van der Waals surface area contributed by atoms with Gasteiger partial charge in [-0.2, -0.15) is 5.10 Å². The number of esters is 1. The van der Waals surface area contributed by atoms with Crippen LogP contribution in [-0.2, 0) is 14.3 Å². The quantitative estimate of drug-likeness (QED) is 0.529. The highest BCUT2D eigenvalue weighted by Gasteiger charge is 2.21. The third-order valence-electron chi connectivity index (χ3n) is 4.33. The van der Waals surface area contributed by atoms with E-state index in [0.29, 0.717) is 5.56 Å². The molecule has 0 aliphatic heterocycles. The number of aryl methyl sites for hydroxylation is 1. The fourth-order valence-electron chi connectivity index (χ4n) is 2.94. The lowest BCUT2D eigenvalue weighted by Crippen LogP contribution is -2.25. The molecule has 0 aliphatic rings. The van der Waals surface area contributed by atoms with Crippen LogP contribution in [-0.4, -0.2) is 21.7 Å². The molecule has 28 heavy (non-hydrogen) atoms. The number of primary amides is 1. The van der Waals surface area contributed by atoms with Crippen LogP contribution >= 0.6 is 0 Å². The number of carbonyl (C=O) groups excluding carboxylic acids is 2. The number of nitrogens with zero attached hydrogens (tertiary/aromatic N) is 2. The molecule has 0 saturated carbocycles. The Balaban J connectivity index is 1.79. The first-order chi connectivity index (χ1) is 13.5. The van der Waals surface area contributed by atoms with Gasteiger partial charge in [0, 0.05) is 22.9 Å². The molecule has 1 amide bonds. The van der Waals surface area contributed by atoms with Gasteiger partial charge in [0.05, 0.1) is 11.4 Å². The van der Waals surface area contributed by atoms with E-state index in [1.165, 1.54) is 6.08 Å². The molecule has 6 nitrogen and oxygen atoms in total. The number of para-hydroxylation sites is 1. The molecule has 2 aromatic carbocycles. The average molecular weight is 375 g/mol. The summed E-state index contributed by atoms with van der Waals surface area (Å²) in [6.45, 7) is 3.79. The summed E-state index contributed by atoms with van der Waals surface area (Å²) in [5, 5.41) is 4.53. The summed E-state index contributed by atoms with van der Waals surface area (Å²) in [7, 11) is 0. The number of nitrogens with two attached hydrogens (primary N) is 1. The van der Waals surface area contributed by atoms with E-state index >= 15 is 0 Å². The van der Waals surface area contributed by atoms with Crippen LogP contribution in [0.25, 0.3) is 11.8 Å². The van der Waals surface area contributed by atoms with Gasteiger partial charge in [-0.1, -0.05) is 48.5 Å². The van der Waals surface area contributed by atoms with Gasteiger partial charge >= 0.3 is 5.97 Å². The molecule has 0 bridgehead atoms. The zero-order chi connectivity index (χ0) is 20.1. The molecule has 0 fully saturated rings. The molecule has 1 aromatic heterocycles. The number of hydrogen-bond acceptors (Lipinski definition) is 4. The summed E-state index contributed by atoms with van der Waals surface area (Å²) in [5.41, 5.74) is 9.33. The van der Waals surface area contributed by atoms with Crippen LogP contribution in [0.4, 0.5) is 0 Å². The van der Waals surface area contributed by atoms with Crippen molar-refractivity contribution >= 4 is 18.0 Å². The van der Waals surface area contributed by atoms with E-state index in [1.807, 2.05) is 48.9 Å². The van der Waals surface area contributed by atoms with E-state index in [1.54, 1.807) is 36.4 Å². The van der Waals surface area contributed by atoms with E-state index in [4.69, 9.17) is 10.5 Å². The maximum atomic E-state index is 12.3. The van der Waals surface area contributed by atoms with Crippen molar-refractivity contribution in [2.24, 2.45) is 5.73 Å². The summed E-state index contributed by atoms with van der Waals surface area (Å²) in [4.78, 5) is 23.9. The topological polar surface area (TPSA) is 87.2 Å². The lowest BCUT2D eigenvalue weighted by atomic mass is 10.1. The van der Waals surface area contributed by atoms with E-state index < -0.39 is 18.0 Å². The van der Waals surface area contributed by atoms with Crippen molar-refractivity contribution in [3.63, 3.8) is 0 Å². The van der Waals surface area contributed by atoms with Gasteiger partial charge < -0.3 is 10.5 Å². The van der Waals surface area contributed by atoms with E-state index in [9.17, 15) is 9.59 Å². The van der Waals surface area contributed by atoms with Crippen LogP contribution in [0.3, 0.4) is 0 Å². The molecular weight excluding hydrogens is 354 g/mol. The zero-order valence-corrected chi connectivity index (χ0v) is 15.7. The molecule has 2 N–H and O–H groups in total. The predicted molar refractivity (Wildman–Crippen MR) is 107 cm³/mol. The Labute approximate surface area is 163 Å². The average Bonchev–Trinajstić information content (AvgIpc) is 2.99. The van der Waals surface area contributed by atoms with Crippen molar-refractivity contribution in [3.05, 3.63) is 89.3 Å². The van der Waals surface area contributed by atoms with Crippen molar-refractivity contribution in [1.29, 1.82) is 0 Å². The Morgan fingerprint density at radius 1 is 1.04 bits per heavy atom. The molecule has 3 aromatic rings. The second kappa shape index (κ2) is 8.35. The number of aromatic nitrogens is 2. The fraction of sp³-hybridized carbons (Fsp3) is 0.136. The fourth-order valence-corrected chi connectivity index (χ4v) is 2.94. The first kappa shape index (κ1) is 19.1. The van der Waals surface area contributed by atoms with Crippen LogP contribution in [0.15, 0.2) is 66.7 Å². The second-order valence-electron chi connectivity index (χ2n) is 6.30. The number of carbonyl (C=O) groups is 2. The lowest BCUT2D eigenvalue weighted by molar-refractivity contribution is -0.150. The zero-order valence-electron chi connectivity index (χ0n) is 15.7. The molecule has 0 aliphatic carbocycles. The largest absolute Gasteiger partial charge is 0.444 e. The minimum Gasteiger partial charge on any atom is -0.444 e. The SMILES string of the molecule is Cc1nn(-c2ccccc2)c(C)c1/C=C/C(=O)OC(C(N)=O)c1ccccc1. The minimum absolute atomic E-state index is 0.529. The second-order valence-corrected chi connectivity index (χ2v) is 6.30. The summed E-state index contributed by atoms with van der Waals surface area (Å²) in [6, 6.07) is 18.4. The third kappa shape index (κ3) is 4.17. The van der Waals surface area contributed by atoms with Gasteiger partial charge in [-0.3, -0.25) is 4.79 Å². The maximum absolute atomic E-state index is 12.3. The molecule has 0 radical (unpaired) electrons. The highest BCUT2D eigenvalue weighted by atomic mass is 16.5. The smallest absolute Gasteiger partial charge is 0.331 e. The summed E-state index contributed by atoms with van der Waals surface area (Å²) < 4.78 is 7.08. The minimum atomic E-state index is -1.13. The normalized spacial score (nSPS) is 12.1. The molecule has 3 rings (SSSR count). The van der Waals surface area contributed by atoms with Crippen molar-refractivity contribution in [2.45, 2.75) is 20.0 Å². The highest BCUT2D eigenvalue weighted by Crippen LogP contribution is 2.20. The molecule has 6 heteroatoms. The van der Waals surface area contributed by atoms with E-state index in [2.05, 4.69) is 5.10 Å². The van der Waals surface area contributed by atoms with Crippen LogP contribution in [0.5, 0.6) is 0 Å². The molecule has 1 unspecified atom stereocenters. The number of rotatable bonds is 6. The van der Waals surface area contributed by atoms with Crippen molar-refractivity contribution in [1.82, 2.24) is 9.78 Å². The Kier molecular flexibility index (Phi) is 5.69. The molecule has 142 valence electrons. The van der Waals surface area contributed by atoms with Gasteiger partial charge in [-0.05, 0) is 32.1 Å². The van der Waals surface area contributed by atoms with Crippen LogP contribution in [0, 0.1) is 13.8 Å². The summed E-state index contributed by atoms with van der Waals surface area (Å²) in [6.07, 6.45) is 1.79. The number of hydrogen-bond donors (Lipinski definition) is 1. The van der Waals surface area contributed by atoms with E-state index in [0.717, 1.165) is 22.6 Å². The van der Waals surface area contributed by atoms with Gasteiger partial charge in [-0.25, -0.2) is 9.48 Å². The monoisotopic (exact) mass is 375 g/mol. The number of ether oxygens (including phenoxy) is 1. The predicted octanol–water partition coefficient (Wildman–Crippen LogP) is 3.27. The number of amides is 1. The van der Waals surface area contributed by atoms with Crippen LogP contribution in [0.2, 0.25) is 0 Å². The molecule has 0 saturated heterocycles. The maximum Gasteiger partial charge on any atom is 0.331 e. The summed E-state index contributed by atoms with van der Waals surface area (Å²) >= 11 is 0. The molecule has 0 spiro atoms. The first-order valence-corrected chi connectivity index (χ1v) is 8.82. The van der Waals surface area contributed by atoms with Gasteiger partial charge in [0.25, 0.3) is 5.91 Å². The van der Waals surface area contributed by atoms with Gasteiger partial charge in [0.1, 0.15) is 0 Å². The van der Waals surface area contributed by atoms with Crippen molar-refractivity contribution in [2.75, 3.05) is 0 Å². The van der Waals surface area contributed by atoms with E-state index in [-0.39, 0.29) is 0 Å². The third-order valence-corrected chi connectivity index (χ3v) is 4.33. The molecular formula is C22H21N3O3. The summed E-state index contributed by atoms with van der Waals surface area (Å²) in [5.74, 6) is -1.38. The van der Waals surface area contributed by atoms with Crippen LogP contribution in [0.1, 0.15) is 28.6 Å². The van der Waals surface area contributed by atoms with Gasteiger partial charge in [0.2, 0.25) is 6.10 Å². The van der Waals surface area contributed by atoms with Crippen molar-refractivity contribution in [3.8, 4) is 5.69 Å². The Hall–Kier alpha value is -3.67. The van der Waals surface area contributed by atoms with Gasteiger partial charge in [-0.15, -0.1) is 0 Å². The van der Waals surface area contributed by atoms with Gasteiger partial charge in [0.15, 0.2) is 0 Å². The highest BCUT2D eigenvalue weighted by molar-refractivity contribution is 5.90. The molecule has 1 atom stereocenters. The Morgan fingerprint density at radius 3 is 2.25 bits per heavy atom. The lowest BCUT2D eigenvalue weighted by Gasteiger charge is -2.13. The Morgan fingerprint density at radius 2 is 1.64 bits per heavy atom. The number of benzene rings is 2. The van der Waals surface area contributed by atoms with Crippen LogP contribution < -0.4 is 5.73 Å². The first-order valence-electron chi connectivity index (χ1n) is 8.82.